The van der Waals surface area contributed by atoms with Crippen LogP contribution in [0.4, 0.5) is 0 Å². The van der Waals surface area contributed by atoms with Crippen molar-refractivity contribution in [2.24, 2.45) is 0 Å². The molecule has 0 fully saturated rings. The molecule has 4 heterocycles. The van der Waals surface area contributed by atoms with Gasteiger partial charge in [-0.05, 0) is 71.5 Å². The zero-order valence-corrected chi connectivity index (χ0v) is 21.2. The van der Waals surface area contributed by atoms with Crippen LogP contribution in [0.3, 0.4) is 0 Å². The van der Waals surface area contributed by atoms with Crippen molar-refractivity contribution in [3.8, 4) is 33.6 Å². The number of aliphatic hydroxyl groups excluding tert-OH is 2. The molecule has 6 heteroatoms. The van der Waals surface area contributed by atoms with Crippen molar-refractivity contribution in [1.29, 1.82) is 0 Å². The van der Waals surface area contributed by atoms with Crippen molar-refractivity contribution >= 4 is 21.8 Å². The number of rotatable bonds is 5. The van der Waals surface area contributed by atoms with Gasteiger partial charge in [-0.1, -0.05) is 36.4 Å². The van der Waals surface area contributed by atoms with Gasteiger partial charge in [0.05, 0.1) is 35.6 Å². The Bertz CT molecular complexity index is 1700. The van der Waals surface area contributed by atoms with Gasteiger partial charge in [0.1, 0.15) is 0 Å². The van der Waals surface area contributed by atoms with Crippen molar-refractivity contribution in [2.75, 3.05) is 0 Å². The maximum atomic E-state index is 9.53. The van der Waals surface area contributed by atoms with Crippen LogP contribution >= 0.6 is 0 Å². The Morgan fingerprint density at radius 2 is 0.974 bits per heavy atom. The van der Waals surface area contributed by atoms with Gasteiger partial charge in [-0.2, -0.15) is 0 Å². The van der Waals surface area contributed by atoms with E-state index in [0.717, 1.165) is 77.7 Å². The van der Waals surface area contributed by atoms with Gasteiger partial charge in [-0.25, -0.2) is 0 Å². The van der Waals surface area contributed by atoms with Crippen LogP contribution < -0.4 is 0 Å². The summed E-state index contributed by atoms with van der Waals surface area (Å²) in [5.74, 6) is 0. The fourth-order valence-corrected chi connectivity index (χ4v) is 5.15. The highest BCUT2D eigenvalue weighted by atomic mass is 16.3. The average Bonchev–Trinajstić information content (AvgIpc) is 2.96. The summed E-state index contributed by atoms with van der Waals surface area (Å²) >= 11 is 0. The molecule has 2 aromatic carbocycles. The summed E-state index contributed by atoms with van der Waals surface area (Å²) in [7, 11) is 0. The van der Waals surface area contributed by atoms with Gasteiger partial charge >= 0.3 is 0 Å². The Kier molecular flexibility index (Phi) is 6.12. The van der Waals surface area contributed by atoms with Crippen LogP contribution in [0.25, 0.3) is 55.4 Å². The van der Waals surface area contributed by atoms with E-state index in [1.807, 2.05) is 24.3 Å². The Hall–Kier alpha value is -4.52. The van der Waals surface area contributed by atoms with E-state index < -0.39 is 0 Å². The molecule has 2 N–H and O–H groups in total. The first-order valence-electron chi connectivity index (χ1n) is 12.5. The molecule has 0 saturated heterocycles. The molecule has 0 spiro atoms. The van der Waals surface area contributed by atoms with Crippen LogP contribution in [0.1, 0.15) is 22.3 Å². The monoisotopic (exact) mass is 498 g/mol. The minimum atomic E-state index is -0.0472. The number of hydrogen-bond acceptors (Lipinski definition) is 6. The van der Waals surface area contributed by atoms with E-state index in [4.69, 9.17) is 9.97 Å². The molecule has 0 amide bonds. The molecule has 0 aliphatic heterocycles. The van der Waals surface area contributed by atoms with Crippen LogP contribution in [0.2, 0.25) is 0 Å². The summed E-state index contributed by atoms with van der Waals surface area (Å²) in [6, 6.07) is 20.3. The lowest BCUT2D eigenvalue weighted by atomic mass is 9.89. The number of aromatic nitrogens is 4. The second-order valence-electron chi connectivity index (χ2n) is 9.42. The quantitative estimate of drug-likeness (QED) is 0.295. The first-order valence-corrected chi connectivity index (χ1v) is 12.5. The highest BCUT2D eigenvalue weighted by Gasteiger charge is 2.17. The lowest BCUT2D eigenvalue weighted by Crippen LogP contribution is -1.97. The van der Waals surface area contributed by atoms with Crippen LogP contribution in [0.15, 0.2) is 85.5 Å². The molecule has 0 saturated carbocycles. The predicted octanol–water partition coefficient (Wildman–Crippen LogP) is 6.18. The molecule has 6 rings (SSSR count). The molecule has 0 atom stereocenters. The predicted molar refractivity (Wildman–Crippen MR) is 150 cm³/mol. The molecule has 6 nitrogen and oxygen atoms in total. The van der Waals surface area contributed by atoms with Crippen molar-refractivity contribution in [3.05, 3.63) is 108 Å². The van der Waals surface area contributed by atoms with Gasteiger partial charge in [-0.3, -0.25) is 19.9 Å². The number of fused-ring (bicyclic) bond motifs is 2. The Labute approximate surface area is 220 Å². The fourth-order valence-electron chi connectivity index (χ4n) is 5.15. The standard InChI is InChI=1S/C32H26N4O2/c1-19-25(5-3-7-27(19)31-29-23(9-11-33-31)13-21(17-37)15-35-29)26-6-4-8-28(20(26)2)32-30-24(10-12-34-32)14-22(18-38)16-36-30/h3-16,37-38H,17-18H2,1-2H3. The number of hydrogen-bond donors (Lipinski definition) is 2. The first kappa shape index (κ1) is 23.9. The maximum Gasteiger partial charge on any atom is 0.0967 e. The van der Waals surface area contributed by atoms with Gasteiger partial charge in [0.25, 0.3) is 0 Å². The largest absolute Gasteiger partial charge is 0.392 e. The Balaban J connectivity index is 1.50. The zero-order valence-electron chi connectivity index (χ0n) is 21.2. The summed E-state index contributed by atoms with van der Waals surface area (Å²) in [5, 5.41) is 21.0. The molecule has 0 bridgehead atoms. The fraction of sp³-hybridized carbons (Fsp3) is 0.125. The van der Waals surface area contributed by atoms with Gasteiger partial charge in [0, 0.05) is 46.7 Å². The summed E-state index contributed by atoms with van der Waals surface area (Å²) in [4.78, 5) is 18.7. The number of aliphatic hydroxyl groups is 2. The molecule has 4 aromatic heterocycles. The van der Waals surface area contributed by atoms with E-state index in [-0.39, 0.29) is 13.2 Å². The normalized spacial score (nSPS) is 11.4. The molecular weight excluding hydrogens is 472 g/mol. The van der Waals surface area contributed by atoms with Crippen molar-refractivity contribution in [1.82, 2.24) is 19.9 Å². The van der Waals surface area contributed by atoms with E-state index in [1.165, 1.54) is 0 Å². The van der Waals surface area contributed by atoms with Crippen LogP contribution in [-0.2, 0) is 13.2 Å². The molecule has 6 aromatic rings. The van der Waals surface area contributed by atoms with Gasteiger partial charge < -0.3 is 10.2 Å². The summed E-state index contributed by atoms with van der Waals surface area (Å²) in [6.45, 7) is 4.14. The first-order chi connectivity index (χ1) is 18.6. The number of benzene rings is 2. The maximum absolute atomic E-state index is 9.53. The molecule has 0 unspecified atom stereocenters. The molecule has 0 aliphatic rings. The van der Waals surface area contributed by atoms with Gasteiger partial charge in [0.15, 0.2) is 0 Å². The summed E-state index contributed by atoms with van der Waals surface area (Å²) < 4.78 is 0. The van der Waals surface area contributed by atoms with E-state index in [0.29, 0.717) is 0 Å². The van der Waals surface area contributed by atoms with E-state index >= 15 is 0 Å². The SMILES string of the molecule is Cc1c(-c2cccc(-c3nccc4cc(CO)cnc34)c2C)cccc1-c1nccc2cc(CO)cnc12. The molecular formula is C32H26N4O2. The lowest BCUT2D eigenvalue weighted by Gasteiger charge is -2.17. The van der Waals surface area contributed by atoms with Crippen molar-refractivity contribution in [3.63, 3.8) is 0 Å². The van der Waals surface area contributed by atoms with Crippen LogP contribution in [0.5, 0.6) is 0 Å². The third-order valence-corrected chi connectivity index (χ3v) is 7.14. The molecule has 186 valence electrons. The summed E-state index contributed by atoms with van der Waals surface area (Å²) in [6.07, 6.45) is 6.99. The Morgan fingerprint density at radius 3 is 1.39 bits per heavy atom. The Morgan fingerprint density at radius 1 is 0.553 bits per heavy atom. The molecule has 0 radical (unpaired) electrons. The van der Waals surface area contributed by atoms with Crippen LogP contribution in [0, 0.1) is 13.8 Å². The number of pyridine rings is 4. The van der Waals surface area contributed by atoms with Crippen molar-refractivity contribution < 1.29 is 10.2 Å². The summed E-state index contributed by atoms with van der Waals surface area (Å²) in [5.41, 5.74) is 11.3. The minimum absolute atomic E-state index is 0.0472. The van der Waals surface area contributed by atoms with Crippen molar-refractivity contribution in [2.45, 2.75) is 27.1 Å². The molecule has 38 heavy (non-hydrogen) atoms. The second kappa shape index (κ2) is 9.74. The lowest BCUT2D eigenvalue weighted by molar-refractivity contribution is 0.281. The van der Waals surface area contributed by atoms with Crippen LogP contribution in [-0.4, -0.2) is 30.1 Å². The van der Waals surface area contributed by atoms with Gasteiger partial charge in [-0.15, -0.1) is 0 Å². The van der Waals surface area contributed by atoms with Gasteiger partial charge in [0.2, 0.25) is 0 Å². The van der Waals surface area contributed by atoms with E-state index in [9.17, 15) is 10.2 Å². The number of nitrogens with zero attached hydrogens (tertiary/aromatic N) is 4. The topological polar surface area (TPSA) is 92.0 Å². The van der Waals surface area contributed by atoms with E-state index in [2.05, 4.69) is 60.2 Å². The zero-order chi connectivity index (χ0) is 26.2. The highest BCUT2D eigenvalue weighted by Crippen LogP contribution is 2.38. The average molecular weight is 499 g/mol. The smallest absolute Gasteiger partial charge is 0.0967 e. The highest BCUT2D eigenvalue weighted by molar-refractivity contribution is 5.96. The van der Waals surface area contributed by atoms with E-state index in [1.54, 1.807) is 24.8 Å². The minimum Gasteiger partial charge on any atom is -0.392 e. The third-order valence-electron chi connectivity index (χ3n) is 7.14. The second-order valence-corrected chi connectivity index (χ2v) is 9.42. The third kappa shape index (κ3) is 4.00. The molecule has 0 aliphatic carbocycles.